The predicted molar refractivity (Wildman–Crippen MR) is 69.6 cm³/mol. The van der Waals surface area contributed by atoms with Gasteiger partial charge >= 0.3 is 0 Å². The van der Waals surface area contributed by atoms with Gasteiger partial charge in [0.05, 0.1) is 6.61 Å². The zero-order chi connectivity index (χ0) is 12.5. The second-order valence-electron chi connectivity index (χ2n) is 5.32. The second kappa shape index (κ2) is 4.77. The van der Waals surface area contributed by atoms with E-state index in [1.807, 2.05) is 6.07 Å². The average molecular weight is 234 g/mol. The Bertz CT molecular complexity index is 368. The van der Waals surface area contributed by atoms with Crippen molar-refractivity contribution in [2.45, 2.75) is 24.9 Å². The zero-order valence-electron chi connectivity index (χ0n) is 10.6. The monoisotopic (exact) mass is 234 g/mol. The second-order valence-corrected chi connectivity index (χ2v) is 5.32. The molecule has 2 rings (SSSR count). The number of likely N-dealkylation sites (tertiary alicyclic amines) is 1. The minimum absolute atomic E-state index is 0.148. The lowest BCUT2D eigenvalue weighted by Crippen LogP contribution is -2.42. The van der Waals surface area contributed by atoms with E-state index in [1.54, 1.807) is 0 Å². The molecule has 1 aliphatic heterocycles. The molecule has 0 saturated carbocycles. The van der Waals surface area contributed by atoms with Crippen LogP contribution in [0, 0.1) is 5.92 Å². The van der Waals surface area contributed by atoms with Crippen molar-refractivity contribution in [1.29, 1.82) is 0 Å². The molecule has 1 saturated heterocycles. The van der Waals surface area contributed by atoms with Gasteiger partial charge in [-0.15, -0.1) is 0 Å². The summed E-state index contributed by atoms with van der Waals surface area (Å²) in [6, 6.07) is 10.8. The van der Waals surface area contributed by atoms with Crippen LogP contribution in [0.4, 0.5) is 0 Å². The van der Waals surface area contributed by atoms with Crippen molar-refractivity contribution in [3.8, 4) is 0 Å². The maximum absolute atomic E-state index is 9.59. The lowest BCUT2D eigenvalue weighted by molar-refractivity contribution is 0.0769. The number of aliphatic hydroxyl groups excluding tert-OH is 1. The van der Waals surface area contributed by atoms with Crippen LogP contribution < -0.4 is 5.73 Å². The molecule has 0 spiro atoms. The first-order valence-electron chi connectivity index (χ1n) is 6.21. The summed E-state index contributed by atoms with van der Waals surface area (Å²) in [6.45, 7) is 2.96. The highest BCUT2D eigenvalue weighted by Gasteiger charge is 2.46. The normalized spacial score (nSPS) is 34.1. The van der Waals surface area contributed by atoms with Gasteiger partial charge in [0, 0.05) is 11.6 Å². The van der Waals surface area contributed by atoms with Crippen LogP contribution in [-0.4, -0.2) is 35.7 Å². The summed E-state index contributed by atoms with van der Waals surface area (Å²) < 4.78 is 0. The molecule has 1 heterocycles. The number of nitrogens with zero attached hydrogens (tertiary/aromatic N) is 1. The molecule has 17 heavy (non-hydrogen) atoms. The van der Waals surface area contributed by atoms with E-state index >= 15 is 0 Å². The summed E-state index contributed by atoms with van der Waals surface area (Å²) in [4.78, 5) is 2.28. The Kier molecular flexibility index (Phi) is 3.52. The maximum atomic E-state index is 9.59. The highest BCUT2D eigenvalue weighted by atomic mass is 16.3. The highest BCUT2D eigenvalue weighted by Crippen LogP contribution is 2.44. The summed E-state index contributed by atoms with van der Waals surface area (Å²) in [7, 11) is 2.09. The van der Waals surface area contributed by atoms with E-state index in [0.29, 0.717) is 18.5 Å². The Morgan fingerprint density at radius 1 is 1.41 bits per heavy atom. The SMILES string of the molecule is CN1C(c2ccccc2)C(CN)CC1(C)CO. The van der Waals surface area contributed by atoms with Crippen molar-refractivity contribution >= 4 is 0 Å². The Labute approximate surface area is 103 Å². The zero-order valence-corrected chi connectivity index (χ0v) is 10.6. The van der Waals surface area contributed by atoms with E-state index in [0.717, 1.165) is 6.42 Å². The smallest absolute Gasteiger partial charge is 0.0613 e. The quantitative estimate of drug-likeness (QED) is 0.831. The fraction of sp³-hybridized carbons (Fsp3) is 0.571. The average Bonchev–Trinajstić information content (AvgIpc) is 2.63. The van der Waals surface area contributed by atoms with Crippen molar-refractivity contribution in [3.63, 3.8) is 0 Å². The highest BCUT2D eigenvalue weighted by molar-refractivity contribution is 5.23. The van der Waals surface area contributed by atoms with Gasteiger partial charge in [-0.05, 0) is 38.4 Å². The third-order valence-corrected chi connectivity index (χ3v) is 4.20. The van der Waals surface area contributed by atoms with E-state index < -0.39 is 0 Å². The number of benzene rings is 1. The predicted octanol–water partition coefficient (Wildman–Crippen LogP) is 1.39. The summed E-state index contributed by atoms with van der Waals surface area (Å²) >= 11 is 0. The van der Waals surface area contributed by atoms with Crippen LogP contribution in [0.25, 0.3) is 0 Å². The fourth-order valence-electron chi connectivity index (χ4n) is 3.01. The molecule has 3 unspecified atom stereocenters. The van der Waals surface area contributed by atoms with Crippen molar-refractivity contribution in [2.24, 2.45) is 11.7 Å². The largest absolute Gasteiger partial charge is 0.394 e. The van der Waals surface area contributed by atoms with Gasteiger partial charge in [0.25, 0.3) is 0 Å². The molecular formula is C14H22N2O. The van der Waals surface area contributed by atoms with Crippen LogP contribution in [0.15, 0.2) is 30.3 Å². The topological polar surface area (TPSA) is 49.5 Å². The molecular weight excluding hydrogens is 212 g/mol. The van der Waals surface area contributed by atoms with Gasteiger partial charge in [-0.25, -0.2) is 0 Å². The third kappa shape index (κ3) is 2.10. The number of rotatable bonds is 3. The van der Waals surface area contributed by atoms with E-state index in [9.17, 15) is 5.11 Å². The molecule has 3 atom stereocenters. The Morgan fingerprint density at radius 2 is 2.06 bits per heavy atom. The van der Waals surface area contributed by atoms with Crippen molar-refractivity contribution in [1.82, 2.24) is 4.90 Å². The lowest BCUT2D eigenvalue weighted by atomic mass is 9.90. The molecule has 94 valence electrons. The molecule has 0 bridgehead atoms. The maximum Gasteiger partial charge on any atom is 0.0613 e. The summed E-state index contributed by atoms with van der Waals surface area (Å²) in [5.41, 5.74) is 7.04. The molecule has 0 amide bonds. The molecule has 3 N–H and O–H groups in total. The molecule has 0 radical (unpaired) electrons. The summed E-state index contributed by atoms with van der Waals surface area (Å²) in [5.74, 6) is 0.416. The van der Waals surface area contributed by atoms with Crippen LogP contribution in [-0.2, 0) is 0 Å². The molecule has 0 aromatic heterocycles. The van der Waals surface area contributed by atoms with E-state index in [1.165, 1.54) is 5.56 Å². The minimum Gasteiger partial charge on any atom is -0.394 e. The first-order valence-corrected chi connectivity index (χ1v) is 6.21. The number of hydrogen-bond donors (Lipinski definition) is 2. The molecule has 1 aromatic rings. The van der Waals surface area contributed by atoms with Crippen LogP contribution in [0.3, 0.4) is 0 Å². The van der Waals surface area contributed by atoms with Gasteiger partial charge in [-0.1, -0.05) is 30.3 Å². The Balaban J connectivity index is 2.32. The van der Waals surface area contributed by atoms with E-state index in [2.05, 4.69) is 43.1 Å². The molecule has 0 aliphatic carbocycles. The third-order valence-electron chi connectivity index (χ3n) is 4.20. The molecule has 1 aromatic carbocycles. The number of hydrogen-bond acceptors (Lipinski definition) is 3. The van der Waals surface area contributed by atoms with Gasteiger partial charge in [0.15, 0.2) is 0 Å². The van der Waals surface area contributed by atoms with E-state index in [-0.39, 0.29) is 12.1 Å². The van der Waals surface area contributed by atoms with Crippen LogP contribution in [0.5, 0.6) is 0 Å². The van der Waals surface area contributed by atoms with Gasteiger partial charge in [-0.3, -0.25) is 4.90 Å². The number of aliphatic hydroxyl groups is 1. The summed E-state index contributed by atoms with van der Waals surface area (Å²) in [6.07, 6.45) is 0.954. The molecule has 3 heteroatoms. The molecule has 1 fully saturated rings. The van der Waals surface area contributed by atoms with Crippen LogP contribution in [0.2, 0.25) is 0 Å². The standard InChI is InChI=1S/C14H22N2O/c1-14(10-17)8-12(9-15)13(16(14)2)11-6-4-3-5-7-11/h3-7,12-13,17H,8-10,15H2,1-2H3. The Hall–Kier alpha value is -0.900. The van der Waals surface area contributed by atoms with Crippen molar-refractivity contribution in [2.75, 3.05) is 20.2 Å². The van der Waals surface area contributed by atoms with Crippen molar-refractivity contribution < 1.29 is 5.11 Å². The number of likely N-dealkylation sites (N-methyl/N-ethyl adjacent to an activating group) is 1. The van der Waals surface area contributed by atoms with Gasteiger partial charge < -0.3 is 10.8 Å². The summed E-state index contributed by atoms with van der Waals surface area (Å²) in [5, 5.41) is 9.59. The van der Waals surface area contributed by atoms with Crippen LogP contribution >= 0.6 is 0 Å². The van der Waals surface area contributed by atoms with E-state index in [4.69, 9.17) is 5.73 Å². The van der Waals surface area contributed by atoms with Gasteiger partial charge in [0.2, 0.25) is 0 Å². The molecule has 3 nitrogen and oxygen atoms in total. The fourth-order valence-corrected chi connectivity index (χ4v) is 3.01. The van der Waals surface area contributed by atoms with Gasteiger partial charge in [0.1, 0.15) is 0 Å². The first kappa shape index (κ1) is 12.6. The Morgan fingerprint density at radius 3 is 2.59 bits per heavy atom. The van der Waals surface area contributed by atoms with Crippen molar-refractivity contribution in [3.05, 3.63) is 35.9 Å². The number of nitrogens with two attached hydrogens (primary N) is 1. The van der Waals surface area contributed by atoms with Crippen LogP contribution in [0.1, 0.15) is 24.9 Å². The first-order chi connectivity index (χ1) is 8.12. The minimum atomic E-state index is -0.148. The van der Waals surface area contributed by atoms with Gasteiger partial charge in [-0.2, -0.15) is 0 Å². The lowest BCUT2D eigenvalue weighted by Gasteiger charge is -2.34. The molecule has 1 aliphatic rings.